The molecule has 174 valence electrons. The number of rotatable bonds is 6. The van der Waals surface area contributed by atoms with Crippen LogP contribution in [-0.4, -0.2) is 61.0 Å². The van der Waals surface area contributed by atoms with Crippen LogP contribution in [0, 0.1) is 17.8 Å². The SMILES string of the molecule is COC(=O)[C@@H]1C[C@@H](N(C)CC#CC(C)C)CCN1C(=O)C(c1ccccc1)c1ccccc1. The van der Waals surface area contributed by atoms with E-state index in [-0.39, 0.29) is 17.9 Å². The van der Waals surface area contributed by atoms with Crippen molar-refractivity contribution in [2.45, 2.75) is 44.7 Å². The third kappa shape index (κ3) is 6.24. The molecule has 1 saturated heterocycles. The minimum Gasteiger partial charge on any atom is -0.467 e. The first-order chi connectivity index (χ1) is 15.9. The summed E-state index contributed by atoms with van der Waals surface area (Å²) >= 11 is 0. The summed E-state index contributed by atoms with van der Waals surface area (Å²) in [6.07, 6.45) is 1.32. The summed E-state index contributed by atoms with van der Waals surface area (Å²) in [5.74, 6) is 5.83. The lowest BCUT2D eigenvalue weighted by atomic mass is 9.87. The standard InChI is InChI=1S/C28H34N2O3/c1-21(2)12-11-18-29(3)24-17-19-30(25(20-24)28(32)33-4)27(31)26(22-13-7-5-8-14-22)23-15-9-6-10-16-23/h5-10,13-16,21,24-26H,17-20H2,1-4H3/t24-,25-/m0/s1. The van der Waals surface area contributed by atoms with Crippen molar-refractivity contribution >= 4 is 11.9 Å². The molecular formula is C28H34N2O3. The number of methoxy groups -OCH3 is 1. The van der Waals surface area contributed by atoms with Crippen LogP contribution in [0.3, 0.4) is 0 Å². The van der Waals surface area contributed by atoms with Gasteiger partial charge in [0.2, 0.25) is 5.91 Å². The van der Waals surface area contributed by atoms with E-state index in [0.717, 1.165) is 17.5 Å². The van der Waals surface area contributed by atoms with Crippen LogP contribution in [0.5, 0.6) is 0 Å². The predicted molar refractivity (Wildman–Crippen MR) is 131 cm³/mol. The largest absolute Gasteiger partial charge is 0.467 e. The predicted octanol–water partition coefficient (Wildman–Crippen LogP) is 3.94. The number of hydrogen-bond acceptors (Lipinski definition) is 4. The Hall–Kier alpha value is -3.10. The van der Waals surface area contributed by atoms with Crippen LogP contribution >= 0.6 is 0 Å². The van der Waals surface area contributed by atoms with Crippen LogP contribution in [0.4, 0.5) is 0 Å². The molecule has 0 unspecified atom stereocenters. The Morgan fingerprint density at radius 3 is 2.15 bits per heavy atom. The molecule has 0 radical (unpaired) electrons. The zero-order chi connectivity index (χ0) is 23.8. The van der Waals surface area contributed by atoms with Crippen molar-refractivity contribution in [2.24, 2.45) is 5.92 Å². The summed E-state index contributed by atoms with van der Waals surface area (Å²) in [6, 6.07) is 19.1. The number of nitrogens with zero attached hydrogens (tertiary/aromatic N) is 2. The quantitative estimate of drug-likeness (QED) is 0.498. The van der Waals surface area contributed by atoms with Crippen LogP contribution in [0.2, 0.25) is 0 Å². The first kappa shape index (κ1) is 24.5. The zero-order valence-corrected chi connectivity index (χ0v) is 20.0. The van der Waals surface area contributed by atoms with E-state index in [0.29, 0.717) is 25.4 Å². The first-order valence-corrected chi connectivity index (χ1v) is 11.6. The molecule has 0 N–H and O–H groups in total. The molecular weight excluding hydrogens is 412 g/mol. The van der Waals surface area contributed by atoms with Crippen LogP contribution in [0.15, 0.2) is 60.7 Å². The third-order valence-corrected chi connectivity index (χ3v) is 6.19. The number of hydrogen-bond donors (Lipinski definition) is 0. The Morgan fingerprint density at radius 2 is 1.64 bits per heavy atom. The summed E-state index contributed by atoms with van der Waals surface area (Å²) < 4.78 is 5.12. The number of amides is 1. The topological polar surface area (TPSA) is 49.9 Å². The summed E-state index contributed by atoms with van der Waals surface area (Å²) in [6.45, 7) is 5.28. The molecule has 1 aliphatic heterocycles. The lowest BCUT2D eigenvalue weighted by Gasteiger charge is -2.42. The van der Waals surface area contributed by atoms with Gasteiger partial charge in [0.1, 0.15) is 6.04 Å². The Balaban J connectivity index is 1.86. The summed E-state index contributed by atoms with van der Waals surface area (Å²) in [5, 5.41) is 0. The number of ether oxygens (including phenoxy) is 1. The van der Waals surface area contributed by atoms with Gasteiger partial charge in [-0.15, -0.1) is 0 Å². The normalized spacial score (nSPS) is 18.2. The number of esters is 1. The van der Waals surface area contributed by atoms with Gasteiger partial charge in [0.05, 0.1) is 19.6 Å². The lowest BCUT2D eigenvalue weighted by molar-refractivity contribution is -0.156. The fraction of sp³-hybridized carbons (Fsp3) is 0.429. The molecule has 5 heteroatoms. The third-order valence-electron chi connectivity index (χ3n) is 6.19. The molecule has 2 aromatic carbocycles. The highest BCUT2D eigenvalue weighted by atomic mass is 16.5. The molecule has 2 atom stereocenters. The van der Waals surface area contributed by atoms with Crippen molar-refractivity contribution in [3.05, 3.63) is 71.8 Å². The fourth-order valence-electron chi connectivity index (χ4n) is 4.41. The van der Waals surface area contributed by atoms with Crippen LogP contribution in [0.1, 0.15) is 43.7 Å². The van der Waals surface area contributed by atoms with Gasteiger partial charge in [-0.1, -0.05) is 86.4 Å². The fourth-order valence-corrected chi connectivity index (χ4v) is 4.41. The van der Waals surface area contributed by atoms with Gasteiger partial charge in [-0.2, -0.15) is 0 Å². The van der Waals surface area contributed by atoms with E-state index in [1.54, 1.807) is 4.90 Å². The molecule has 1 aliphatic rings. The summed E-state index contributed by atoms with van der Waals surface area (Å²) in [7, 11) is 3.42. The van der Waals surface area contributed by atoms with Crippen molar-refractivity contribution in [1.82, 2.24) is 9.80 Å². The molecule has 3 rings (SSSR count). The molecule has 33 heavy (non-hydrogen) atoms. The van der Waals surface area contributed by atoms with E-state index < -0.39 is 12.0 Å². The monoisotopic (exact) mass is 446 g/mol. The molecule has 1 heterocycles. The highest BCUT2D eigenvalue weighted by Gasteiger charge is 2.40. The van der Waals surface area contributed by atoms with Crippen LogP contribution in [-0.2, 0) is 14.3 Å². The van der Waals surface area contributed by atoms with E-state index in [2.05, 4.69) is 30.6 Å². The first-order valence-electron chi connectivity index (χ1n) is 11.6. The molecule has 0 aliphatic carbocycles. The van der Waals surface area contributed by atoms with Gasteiger partial charge in [-0.25, -0.2) is 4.79 Å². The zero-order valence-electron chi connectivity index (χ0n) is 20.0. The average Bonchev–Trinajstić information content (AvgIpc) is 2.84. The molecule has 0 spiro atoms. The second kappa shape index (κ2) is 11.7. The Bertz CT molecular complexity index is 939. The van der Waals surface area contributed by atoms with Crippen molar-refractivity contribution in [1.29, 1.82) is 0 Å². The van der Waals surface area contributed by atoms with E-state index in [1.807, 2.05) is 67.7 Å². The van der Waals surface area contributed by atoms with E-state index in [1.165, 1.54) is 7.11 Å². The van der Waals surface area contributed by atoms with Gasteiger partial charge < -0.3 is 9.64 Å². The minimum absolute atomic E-state index is 0.0662. The minimum atomic E-state index is -0.614. The second-order valence-electron chi connectivity index (χ2n) is 8.89. The van der Waals surface area contributed by atoms with Gasteiger partial charge >= 0.3 is 5.97 Å². The molecule has 1 fully saturated rings. The van der Waals surface area contributed by atoms with Crippen molar-refractivity contribution in [2.75, 3.05) is 27.2 Å². The molecule has 1 amide bonds. The smallest absolute Gasteiger partial charge is 0.328 e. The number of piperidine rings is 1. The summed E-state index contributed by atoms with van der Waals surface area (Å²) in [5.41, 5.74) is 1.83. The van der Waals surface area contributed by atoms with E-state index in [4.69, 9.17) is 4.74 Å². The van der Waals surface area contributed by atoms with Crippen molar-refractivity contribution < 1.29 is 14.3 Å². The summed E-state index contributed by atoms with van der Waals surface area (Å²) in [4.78, 5) is 30.6. The van der Waals surface area contributed by atoms with Crippen LogP contribution < -0.4 is 0 Å². The van der Waals surface area contributed by atoms with Crippen LogP contribution in [0.25, 0.3) is 0 Å². The Labute approximate surface area is 197 Å². The maximum atomic E-state index is 13.9. The molecule has 5 nitrogen and oxygen atoms in total. The van der Waals surface area contributed by atoms with E-state index >= 15 is 0 Å². The van der Waals surface area contributed by atoms with Gasteiger partial charge in [-0.05, 0) is 31.0 Å². The molecule has 2 aromatic rings. The van der Waals surface area contributed by atoms with E-state index in [9.17, 15) is 9.59 Å². The van der Waals surface area contributed by atoms with Gasteiger partial charge in [0, 0.05) is 18.5 Å². The van der Waals surface area contributed by atoms with Gasteiger partial charge in [0.25, 0.3) is 0 Å². The second-order valence-corrected chi connectivity index (χ2v) is 8.89. The molecule has 0 bridgehead atoms. The highest BCUT2D eigenvalue weighted by Crippen LogP contribution is 2.31. The average molecular weight is 447 g/mol. The number of benzene rings is 2. The number of likely N-dealkylation sites (tertiary alicyclic amines) is 1. The Kier molecular flexibility index (Phi) is 8.68. The maximum absolute atomic E-state index is 13.9. The highest BCUT2D eigenvalue weighted by molar-refractivity contribution is 5.91. The number of carbonyl (C=O) groups is 2. The number of carbonyl (C=O) groups excluding carboxylic acids is 2. The van der Waals surface area contributed by atoms with Crippen molar-refractivity contribution in [3.8, 4) is 11.8 Å². The van der Waals surface area contributed by atoms with Gasteiger partial charge in [0.15, 0.2) is 0 Å². The molecule has 0 aromatic heterocycles. The lowest BCUT2D eigenvalue weighted by Crippen LogP contribution is -2.55. The van der Waals surface area contributed by atoms with Crippen molar-refractivity contribution in [3.63, 3.8) is 0 Å². The van der Waals surface area contributed by atoms with Gasteiger partial charge in [-0.3, -0.25) is 9.69 Å². The molecule has 0 saturated carbocycles. The maximum Gasteiger partial charge on any atom is 0.328 e. The Morgan fingerprint density at radius 1 is 1.06 bits per heavy atom.